The van der Waals surface area contributed by atoms with Crippen molar-refractivity contribution in [3.05, 3.63) is 69.3 Å². The molecule has 0 saturated carbocycles. The normalized spacial score (nSPS) is 10.3. The summed E-state index contributed by atoms with van der Waals surface area (Å²) in [5, 5.41) is 16.9. The zero-order valence-corrected chi connectivity index (χ0v) is 16.0. The number of benzene rings is 2. The monoisotopic (exact) mass is 415 g/mol. The number of hydrogen-bond donors (Lipinski definition) is 1. The van der Waals surface area contributed by atoms with Crippen molar-refractivity contribution in [2.75, 3.05) is 26.1 Å². The van der Waals surface area contributed by atoms with E-state index in [9.17, 15) is 24.5 Å². The summed E-state index contributed by atoms with van der Waals surface area (Å²) in [4.78, 5) is 50.8. The van der Waals surface area contributed by atoms with Crippen LogP contribution in [-0.2, 0) is 19.1 Å². The molecule has 1 N–H and O–H groups in total. The first kappa shape index (κ1) is 22.0. The van der Waals surface area contributed by atoms with Crippen LogP contribution >= 0.6 is 0 Å². The van der Waals surface area contributed by atoms with Crippen molar-refractivity contribution in [1.29, 1.82) is 0 Å². The average Bonchev–Trinajstić information content (AvgIpc) is 2.75. The van der Waals surface area contributed by atoms with Crippen LogP contribution in [0.15, 0.2) is 47.6 Å². The van der Waals surface area contributed by atoms with Crippen LogP contribution in [0.2, 0.25) is 0 Å². The molecule has 1 amide bonds. The number of esters is 2. The number of nitrogens with one attached hydrogen (secondary N) is 1. The average molecular weight is 415 g/mol. The van der Waals surface area contributed by atoms with E-state index in [0.717, 1.165) is 6.21 Å². The van der Waals surface area contributed by atoms with Gasteiger partial charge >= 0.3 is 11.9 Å². The van der Waals surface area contributed by atoms with Crippen molar-refractivity contribution in [3.8, 4) is 0 Å². The number of hydrogen-bond acceptors (Lipinski definition) is 9. The Balaban J connectivity index is 2.05. The molecule has 0 aromatic heterocycles. The van der Waals surface area contributed by atoms with Gasteiger partial charge < -0.3 is 19.6 Å². The molecule has 0 bridgehead atoms. The van der Waals surface area contributed by atoms with Gasteiger partial charge in [0.2, 0.25) is 0 Å². The van der Waals surface area contributed by atoms with Crippen molar-refractivity contribution in [2.24, 2.45) is 5.16 Å². The largest absolute Gasteiger partial charge is 0.465 e. The van der Waals surface area contributed by atoms with Crippen molar-refractivity contribution in [3.63, 3.8) is 0 Å². The number of nitrogens with zero attached hydrogens (tertiary/aromatic N) is 2. The van der Waals surface area contributed by atoms with Gasteiger partial charge in [-0.15, -0.1) is 0 Å². The highest BCUT2D eigenvalue weighted by Crippen LogP contribution is 2.17. The van der Waals surface area contributed by atoms with Gasteiger partial charge in [-0.1, -0.05) is 17.3 Å². The Morgan fingerprint density at radius 1 is 1.07 bits per heavy atom. The number of amides is 1. The van der Waals surface area contributed by atoms with E-state index in [1.807, 2.05) is 0 Å². The number of nitro groups is 1. The Bertz CT molecular complexity index is 969. The van der Waals surface area contributed by atoms with E-state index in [-0.39, 0.29) is 28.1 Å². The molecule has 0 atom stereocenters. The van der Waals surface area contributed by atoms with Crippen LogP contribution in [0, 0.1) is 10.1 Å². The third-order valence-corrected chi connectivity index (χ3v) is 3.65. The third-order valence-electron chi connectivity index (χ3n) is 3.65. The highest BCUT2D eigenvalue weighted by atomic mass is 16.6. The number of methoxy groups -OCH3 is 2. The minimum absolute atomic E-state index is 0.0334. The van der Waals surface area contributed by atoms with Crippen molar-refractivity contribution < 1.29 is 33.6 Å². The highest BCUT2D eigenvalue weighted by Gasteiger charge is 2.15. The topological polar surface area (TPSA) is 146 Å². The number of nitro benzene ring substituents is 1. The van der Waals surface area contributed by atoms with Gasteiger partial charge in [-0.3, -0.25) is 14.9 Å². The lowest BCUT2D eigenvalue weighted by Crippen LogP contribution is -2.18. The number of rotatable bonds is 8. The molecule has 0 fully saturated rings. The lowest BCUT2D eigenvalue weighted by molar-refractivity contribution is -0.385. The Morgan fingerprint density at radius 3 is 2.23 bits per heavy atom. The third kappa shape index (κ3) is 5.86. The summed E-state index contributed by atoms with van der Waals surface area (Å²) in [5.41, 5.74) is 0.243. The Labute approximate surface area is 170 Å². The molecule has 0 saturated heterocycles. The summed E-state index contributed by atoms with van der Waals surface area (Å²) in [6, 6.07) is 9.77. The fraction of sp³-hybridized carbons (Fsp3) is 0.158. The fourth-order valence-corrected chi connectivity index (χ4v) is 2.32. The summed E-state index contributed by atoms with van der Waals surface area (Å²) in [5.74, 6) is -2.06. The van der Waals surface area contributed by atoms with Crippen molar-refractivity contribution in [2.45, 2.75) is 0 Å². The molecule has 0 spiro atoms. The molecule has 0 aliphatic heterocycles. The van der Waals surface area contributed by atoms with Gasteiger partial charge in [-0.25, -0.2) is 9.59 Å². The number of ether oxygens (including phenoxy) is 2. The number of carbonyl (C=O) groups is 3. The Hall–Kier alpha value is -4.28. The summed E-state index contributed by atoms with van der Waals surface area (Å²) >= 11 is 0. The second-order valence-electron chi connectivity index (χ2n) is 5.65. The van der Waals surface area contributed by atoms with Crippen LogP contribution < -0.4 is 5.32 Å². The van der Waals surface area contributed by atoms with Crippen LogP contribution in [0.3, 0.4) is 0 Å². The smallest absolute Gasteiger partial charge is 0.337 e. The molecule has 11 nitrogen and oxygen atoms in total. The van der Waals surface area contributed by atoms with Crippen molar-refractivity contribution in [1.82, 2.24) is 0 Å². The van der Waals surface area contributed by atoms with Gasteiger partial charge in [0.05, 0.1) is 42.0 Å². The van der Waals surface area contributed by atoms with Gasteiger partial charge in [0, 0.05) is 11.8 Å². The summed E-state index contributed by atoms with van der Waals surface area (Å²) < 4.78 is 9.23. The summed E-state index contributed by atoms with van der Waals surface area (Å²) in [6.45, 7) is -0.521. The molecular weight excluding hydrogens is 398 g/mol. The zero-order valence-electron chi connectivity index (χ0n) is 16.0. The van der Waals surface area contributed by atoms with Gasteiger partial charge in [0.1, 0.15) is 0 Å². The zero-order chi connectivity index (χ0) is 22.1. The van der Waals surface area contributed by atoms with Crippen LogP contribution in [0.1, 0.15) is 26.3 Å². The van der Waals surface area contributed by atoms with Gasteiger partial charge in [0.25, 0.3) is 11.6 Å². The van der Waals surface area contributed by atoms with E-state index < -0.39 is 29.4 Å². The molecule has 0 heterocycles. The molecule has 156 valence electrons. The minimum Gasteiger partial charge on any atom is -0.465 e. The lowest BCUT2D eigenvalue weighted by atomic mass is 10.1. The van der Waals surface area contributed by atoms with Gasteiger partial charge in [0.15, 0.2) is 6.61 Å². The van der Waals surface area contributed by atoms with Crippen LogP contribution in [0.4, 0.5) is 11.4 Å². The van der Waals surface area contributed by atoms with Crippen LogP contribution in [-0.4, -0.2) is 49.8 Å². The second-order valence-corrected chi connectivity index (χ2v) is 5.65. The van der Waals surface area contributed by atoms with E-state index >= 15 is 0 Å². The molecule has 11 heteroatoms. The van der Waals surface area contributed by atoms with Gasteiger partial charge in [-0.2, -0.15) is 0 Å². The van der Waals surface area contributed by atoms with E-state index in [1.165, 1.54) is 50.6 Å². The quantitative estimate of drug-likeness (QED) is 0.299. The molecule has 2 aromatic rings. The minimum atomic E-state index is -0.707. The maximum absolute atomic E-state index is 12.0. The number of anilines is 1. The van der Waals surface area contributed by atoms with E-state index in [1.54, 1.807) is 6.07 Å². The molecule has 0 radical (unpaired) electrons. The Kier molecular flexibility index (Phi) is 7.57. The molecule has 2 aromatic carbocycles. The first-order valence-corrected chi connectivity index (χ1v) is 8.36. The summed E-state index contributed by atoms with van der Waals surface area (Å²) in [7, 11) is 2.35. The molecule has 0 aliphatic carbocycles. The number of para-hydroxylation sites is 1. The molecule has 0 aliphatic rings. The van der Waals surface area contributed by atoms with Crippen molar-refractivity contribution >= 4 is 35.4 Å². The van der Waals surface area contributed by atoms with Crippen LogP contribution in [0.25, 0.3) is 0 Å². The maximum Gasteiger partial charge on any atom is 0.337 e. The maximum atomic E-state index is 12.0. The molecule has 2 rings (SSSR count). The number of carbonyl (C=O) groups excluding carboxylic acids is 3. The van der Waals surface area contributed by atoms with Crippen LogP contribution in [0.5, 0.6) is 0 Å². The fourth-order valence-electron chi connectivity index (χ4n) is 2.32. The predicted octanol–water partition coefficient (Wildman–Crippen LogP) is 2.16. The second kappa shape index (κ2) is 10.3. The molecular formula is C19H17N3O8. The highest BCUT2D eigenvalue weighted by molar-refractivity contribution is 5.99. The molecule has 30 heavy (non-hydrogen) atoms. The number of oxime groups is 1. The Morgan fingerprint density at radius 2 is 1.67 bits per heavy atom. The summed E-state index contributed by atoms with van der Waals surface area (Å²) in [6.07, 6.45) is 1.11. The van der Waals surface area contributed by atoms with E-state index in [0.29, 0.717) is 0 Å². The SMILES string of the molecule is COC(=O)c1cc(NC(=O)CO/N=C/c2ccccc2[N+](=O)[O-])cc(C(=O)OC)c1. The first-order valence-electron chi connectivity index (χ1n) is 8.36. The van der Waals surface area contributed by atoms with Gasteiger partial charge in [-0.05, 0) is 24.3 Å². The van der Waals surface area contributed by atoms with E-state index in [2.05, 4.69) is 19.9 Å². The lowest BCUT2D eigenvalue weighted by Gasteiger charge is -2.09. The van der Waals surface area contributed by atoms with E-state index in [4.69, 9.17) is 4.84 Å². The molecule has 0 unspecified atom stereocenters. The predicted molar refractivity (Wildman–Crippen MR) is 104 cm³/mol. The standard InChI is InChI=1S/C19H17N3O8/c1-28-18(24)13-7-14(19(25)29-2)9-15(8-13)21-17(23)11-30-20-10-12-5-3-4-6-16(12)22(26)27/h3-10H,11H2,1-2H3,(H,21,23)/b20-10+. The first-order chi connectivity index (χ1) is 14.3.